The van der Waals surface area contributed by atoms with E-state index in [9.17, 15) is 14.9 Å². The molecule has 6 nitrogen and oxygen atoms in total. The average molecular weight is 277 g/mol. The zero-order chi connectivity index (χ0) is 14.5. The minimum absolute atomic E-state index is 0.130. The Hall–Kier alpha value is -1.95. The zero-order valence-corrected chi connectivity index (χ0v) is 11.5. The van der Waals surface area contributed by atoms with E-state index in [-0.39, 0.29) is 17.2 Å². The average Bonchev–Trinajstić information content (AvgIpc) is 2.47. The first-order valence-electron chi connectivity index (χ1n) is 6.79. The number of piperidine rings is 1. The molecule has 1 aromatic carbocycles. The van der Waals surface area contributed by atoms with Gasteiger partial charge < -0.3 is 10.2 Å². The molecule has 1 heterocycles. The van der Waals surface area contributed by atoms with Gasteiger partial charge in [0, 0.05) is 19.7 Å². The van der Waals surface area contributed by atoms with Crippen LogP contribution in [-0.2, 0) is 0 Å². The molecule has 1 fully saturated rings. The number of nitro benzene ring substituents is 1. The highest BCUT2D eigenvalue weighted by Crippen LogP contribution is 2.20. The topological polar surface area (TPSA) is 75.5 Å². The van der Waals surface area contributed by atoms with Crippen LogP contribution in [0.5, 0.6) is 0 Å². The fraction of sp³-hybridized carbons (Fsp3) is 0.500. The van der Waals surface area contributed by atoms with Gasteiger partial charge in [-0.25, -0.2) is 0 Å². The van der Waals surface area contributed by atoms with Crippen molar-refractivity contribution >= 4 is 11.6 Å². The molecule has 0 aromatic heterocycles. The fourth-order valence-electron chi connectivity index (χ4n) is 2.55. The number of nitro groups is 1. The van der Waals surface area contributed by atoms with E-state index in [2.05, 4.69) is 5.32 Å². The Morgan fingerprint density at radius 1 is 1.40 bits per heavy atom. The maximum Gasteiger partial charge on any atom is 0.282 e. The summed E-state index contributed by atoms with van der Waals surface area (Å²) in [5.41, 5.74) is 0.0311. The molecule has 0 saturated carbocycles. The predicted octanol–water partition coefficient (Wildman–Crippen LogP) is 1.67. The summed E-state index contributed by atoms with van der Waals surface area (Å²) in [5, 5.41) is 14.2. The molecule has 6 heteroatoms. The van der Waals surface area contributed by atoms with Crippen LogP contribution in [0.25, 0.3) is 0 Å². The smallest absolute Gasteiger partial charge is 0.282 e. The fourth-order valence-corrected chi connectivity index (χ4v) is 2.55. The highest BCUT2D eigenvalue weighted by Gasteiger charge is 2.24. The molecule has 2 rings (SSSR count). The number of carbonyl (C=O) groups excluding carboxylic acids is 1. The third kappa shape index (κ3) is 3.33. The minimum Gasteiger partial charge on any atom is -0.341 e. The third-order valence-electron chi connectivity index (χ3n) is 3.67. The van der Waals surface area contributed by atoms with E-state index in [4.69, 9.17) is 0 Å². The monoisotopic (exact) mass is 277 g/mol. The zero-order valence-electron chi connectivity index (χ0n) is 11.5. The van der Waals surface area contributed by atoms with Gasteiger partial charge >= 0.3 is 0 Å². The Balaban J connectivity index is 2.08. The Morgan fingerprint density at radius 3 is 2.70 bits per heavy atom. The van der Waals surface area contributed by atoms with Crippen molar-refractivity contribution in [2.24, 2.45) is 5.92 Å². The molecule has 1 aliphatic heterocycles. The molecule has 1 saturated heterocycles. The lowest BCUT2D eigenvalue weighted by Crippen LogP contribution is -2.37. The van der Waals surface area contributed by atoms with E-state index in [1.54, 1.807) is 24.1 Å². The SMILES string of the molecule is CN(CC1CCNCC1)C(=O)c1ccccc1[N+](=O)[O-]. The normalized spacial score (nSPS) is 15.8. The standard InChI is InChI=1S/C14H19N3O3/c1-16(10-11-6-8-15-9-7-11)14(18)12-4-2-3-5-13(12)17(19)20/h2-5,11,15H,6-10H2,1H3. The minimum atomic E-state index is -0.508. The van der Waals surface area contributed by atoms with Crippen LogP contribution in [0, 0.1) is 16.0 Å². The van der Waals surface area contributed by atoms with Gasteiger partial charge in [0.25, 0.3) is 11.6 Å². The van der Waals surface area contributed by atoms with Gasteiger partial charge in [-0.3, -0.25) is 14.9 Å². The molecule has 1 amide bonds. The number of rotatable bonds is 4. The van der Waals surface area contributed by atoms with Crippen molar-refractivity contribution in [2.45, 2.75) is 12.8 Å². The first-order valence-corrected chi connectivity index (χ1v) is 6.79. The van der Waals surface area contributed by atoms with Gasteiger partial charge in [0.1, 0.15) is 5.56 Å². The maximum absolute atomic E-state index is 12.3. The number of amides is 1. The van der Waals surface area contributed by atoms with E-state index in [1.807, 2.05) is 0 Å². The summed E-state index contributed by atoms with van der Waals surface area (Å²) < 4.78 is 0. The Morgan fingerprint density at radius 2 is 2.05 bits per heavy atom. The summed E-state index contributed by atoms with van der Waals surface area (Å²) in [5.74, 6) is 0.184. The number of nitrogens with zero attached hydrogens (tertiary/aromatic N) is 2. The first kappa shape index (κ1) is 14.5. The molecule has 1 aliphatic rings. The van der Waals surface area contributed by atoms with Crippen molar-refractivity contribution in [3.8, 4) is 0 Å². The molecule has 0 aliphatic carbocycles. The van der Waals surface area contributed by atoms with Gasteiger partial charge in [0.2, 0.25) is 0 Å². The van der Waals surface area contributed by atoms with Crippen molar-refractivity contribution in [2.75, 3.05) is 26.7 Å². The number of hydrogen-bond donors (Lipinski definition) is 1. The highest BCUT2D eigenvalue weighted by atomic mass is 16.6. The molecule has 1 aromatic rings. The number of nitrogens with one attached hydrogen (secondary N) is 1. The summed E-state index contributed by atoms with van der Waals surface area (Å²) in [6.45, 7) is 2.59. The van der Waals surface area contributed by atoms with Gasteiger partial charge in [0.05, 0.1) is 4.92 Å². The van der Waals surface area contributed by atoms with Crippen molar-refractivity contribution in [1.82, 2.24) is 10.2 Å². The summed E-state index contributed by atoms with van der Waals surface area (Å²) in [6, 6.07) is 6.10. The number of hydrogen-bond acceptors (Lipinski definition) is 4. The second-order valence-corrected chi connectivity index (χ2v) is 5.15. The number of para-hydroxylation sites is 1. The van der Waals surface area contributed by atoms with Crippen LogP contribution >= 0.6 is 0 Å². The van der Waals surface area contributed by atoms with E-state index in [0.29, 0.717) is 12.5 Å². The van der Waals surface area contributed by atoms with Gasteiger partial charge in [-0.1, -0.05) is 12.1 Å². The first-order chi connectivity index (χ1) is 9.59. The summed E-state index contributed by atoms with van der Waals surface area (Å²) in [7, 11) is 1.71. The molecule has 20 heavy (non-hydrogen) atoms. The van der Waals surface area contributed by atoms with E-state index in [1.165, 1.54) is 12.1 Å². The molecular weight excluding hydrogens is 258 g/mol. The molecule has 0 atom stereocenters. The summed E-state index contributed by atoms with van der Waals surface area (Å²) in [4.78, 5) is 24.4. The van der Waals surface area contributed by atoms with Crippen LogP contribution in [0.2, 0.25) is 0 Å². The molecule has 0 unspecified atom stereocenters. The third-order valence-corrected chi connectivity index (χ3v) is 3.67. The van der Waals surface area contributed by atoms with Crippen LogP contribution in [0.15, 0.2) is 24.3 Å². The predicted molar refractivity (Wildman–Crippen MR) is 75.7 cm³/mol. The van der Waals surface area contributed by atoms with Crippen molar-refractivity contribution < 1.29 is 9.72 Å². The van der Waals surface area contributed by atoms with E-state index >= 15 is 0 Å². The van der Waals surface area contributed by atoms with Crippen LogP contribution < -0.4 is 5.32 Å². The summed E-state index contributed by atoms with van der Waals surface area (Å²) in [6.07, 6.45) is 2.07. The molecule has 0 radical (unpaired) electrons. The van der Waals surface area contributed by atoms with Crippen LogP contribution in [0.1, 0.15) is 23.2 Å². The lowest BCUT2D eigenvalue weighted by Gasteiger charge is -2.27. The molecule has 0 bridgehead atoms. The lowest BCUT2D eigenvalue weighted by molar-refractivity contribution is -0.385. The Bertz CT molecular complexity index is 498. The van der Waals surface area contributed by atoms with Crippen molar-refractivity contribution in [3.05, 3.63) is 39.9 Å². The van der Waals surface area contributed by atoms with Gasteiger partial charge in [-0.05, 0) is 37.9 Å². The highest BCUT2D eigenvalue weighted by molar-refractivity contribution is 5.97. The lowest BCUT2D eigenvalue weighted by atomic mass is 9.97. The van der Waals surface area contributed by atoms with Gasteiger partial charge in [0.15, 0.2) is 0 Å². The second-order valence-electron chi connectivity index (χ2n) is 5.15. The van der Waals surface area contributed by atoms with Crippen molar-refractivity contribution in [3.63, 3.8) is 0 Å². The van der Waals surface area contributed by atoms with Crippen LogP contribution in [0.4, 0.5) is 5.69 Å². The molecule has 108 valence electrons. The Labute approximate surface area is 117 Å². The Kier molecular flexibility index (Phi) is 4.68. The van der Waals surface area contributed by atoms with Gasteiger partial charge in [-0.15, -0.1) is 0 Å². The maximum atomic E-state index is 12.3. The number of benzene rings is 1. The largest absolute Gasteiger partial charge is 0.341 e. The van der Waals surface area contributed by atoms with E-state index in [0.717, 1.165) is 25.9 Å². The van der Waals surface area contributed by atoms with Gasteiger partial charge in [-0.2, -0.15) is 0 Å². The van der Waals surface area contributed by atoms with Crippen LogP contribution in [0.3, 0.4) is 0 Å². The molecule has 0 spiro atoms. The second kappa shape index (κ2) is 6.47. The molecular formula is C14H19N3O3. The summed E-state index contributed by atoms with van der Waals surface area (Å²) >= 11 is 0. The van der Waals surface area contributed by atoms with E-state index < -0.39 is 4.92 Å². The quantitative estimate of drug-likeness (QED) is 0.671. The number of carbonyl (C=O) groups is 1. The van der Waals surface area contributed by atoms with Crippen LogP contribution in [-0.4, -0.2) is 42.4 Å². The van der Waals surface area contributed by atoms with Crippen molar-refractivity contribution in [1.29, 1.82) is 0 Å². The molecule has 1 N–H and O–H groups in total.